The average molecular weight is 192 g/mol. The first kappa shape index (κ1) is 8.71. The summed E-state index contributed by atoms with van der Waals surface area (Å²) in [5.74, 6) is 0.794. The molecule has 1 heterocycles. The number of hydrogen-bond acceptors (Lipinski definition) is 3. The summed E-state index contributed by atoms with van der Waals surface area (Å²) in [6.45, 7) is 2.28. The Kier molecular flexibility index (Phi) is 2.32. The molecule has 2 nitrogen and oxygen atoms in total. The second-order valence-electron chi connectivity index (χ2n) is 3.66. The molecule has 0 N–H and O–H groups in total. The van der Waals surface area contributed by atoms with E-state index in [9.17, 15) is 0 Å². The topological polar surface area (TPSA) is 36.7 Å². The van der Waals surface area contributed by atoms with Crippen LogP contribution in [0.4, 0.5) is 0 Å². The SMILES string of the molecule is C[C@@H]1CCc2nc(CC#N)sc2C1. The minimum atomic E-state index is 0.478. The molecule has 1 aliphatic carbocycles. The van der Waals surface area contributed by atoms with E-state index in [-0.39, 0.29) is 0 Å². The Bertz CT molecular complexity index is 348. The summed E-state index contributed by atoms with van der Waals surface area (Å²) < 4.78 is 0. The third-order valence-electron chi connectivity index (χ3n) is 2.46. The Morgan fingerprint density at radius 3 is 3.31 bits per heavy atom. The third kappa shape index (κ3) is 1.73. The molecule has 0 saturated heterocycles. The van der Waals surface area contributed by atoms with E-state index in [4.69, 9.17) is 5.26 Å². The van der Waals surface area contributed by atoms with Crippen molar-refractivity contribution in [3.8, 4) is 6.07 Å². The first-order chi connectivity index (χ1) is 6.29. The number of rotatable bonds is 1. The highest BCUT2D eigenvalue weighted by Crippen LogP contribution is 2.29. The first-order valence-corrected chi connectivity index (χ1v) is 5.45. The summed E-state index contributed by atoms with van der Waals surface area (Å²) in [4.78, 5) is 5.89. The number of nitrogens with zero attached hydrogens (tertiary/aromatic N) is 2. The second kappa shape index (κ2) is 3.47. The molecule has 0 radical (unpaired) electrons. The van der Waals surface area contributed by atoms with Crippen molar-refractivity contribution >= 4 is 11.3 Å². The van der Waals surface area contributed by atoms with Crippen LogP contribution in [-0.4, -0.2) is 4.98 Å². The van der Waals surface area contributed by atoms with Crippen LogP contribution in [0.3, 0.4) is 0 Å². The summed E-state index contributed by atoms with van der Waals surface area (Å²) in [5, 5.41) is 9.55. The van der Waals surface area contributed by atoms with E-state index in [1.54, 1.807) is 11.3 Å². The highest BCUT2D eigenvalue weighted by atomic mass is 32.1. The van der Waals surface area contributed by atoms with Crippen molar-refractivity contribution in [2.45, 2.75) is 32.6 Å². The smallest absolute Gasteiger partial charge is 0.107 e. The van der Waals surface area contributed by atoms with Gasteiger partial charge in [-0.05, 0) is 25.2 Å². The van der Waals surface area contributed by atoms with E-state index in [0.29, 0.717) is 6.42 Å². The molecule has 0 amide bonds. The number of fused-ring (bicyclic) bond motifs is 1. The lowest BCUT2D eigenvalue weighted by Gasteiger charge is -2.15. The van der Waals surface area contributed by atoms with E-state index in [1.807, 2.05) is 0 Å². The number of nitriles is 1. The molecular weight excluding hydrogens is 180 g/mol. The Morgan fingerprint density at radius 2 is 2.54 bits per heavy atom. The summed E-state index contributed by atoms with van der Waals surface area (Å²) in [5.41, 5.74) is 1.26. The zero-order valence-corrected chi connectivity index (χ0v) is 8.52. The minimum Gasteiger partial charge on any atom is -0.245 e. The zero-order valence-electron chi connectivity index (χ0n) is 7.71. The van der Waals surface area contributed by atoms with Crippen LogP contribution < -0.4 is 0 Å². The van der Waals surface area contributed by atoms with E-state index in [1.165, 1.54) is 23.4 Å². The molecule has 0 fully saturated rings. The fraction of sp³-hybridized carbons (Fsp3) is 0.600. The van der Waals surface area contributed by atoms with Crippen molar-refractivity contribution in [3.63, 3.8) is 0 Å². The van der Waals surface area contributed by atoms with Crippen LogP contribution >= 0.6 is 11.3 Å². The minimum absolute atomic E-state index is 0.478. The summed E-state index contributed by atoms with van der Waals surface area (Å²) in [6, 6.07) is 2.15. The molecule has 0 aromatic carbocycles. The highest BCUT2D eigenvalue weighted by Gasteiger charge is 2.19. The summed E-state index contributed by atoms with van der Waals surface area (Å²) >= 11 is 1.73. The molecule has 1 atom stereocenters. The van der Waals surface area contributed by atoms with Gasteiger partial charge in [0.15, 0.2) is 0 Å². The van der Waals surface area contributed by atoms with Gasteiger partial charge in [-0.25, -0.2) is 4.98 Å². The van der Waals surface area contributed by atoms with Crippen molar-refractivity contribution < 1.29 is 0 Å². The Labute approximate surface area is 82.2 Å². The zero-order chi connectivity index (χ0) is 9.26. The van der Waals surface area contributed by atoms with Gasteiger partial charge in [0.2, 0.25) is 0 Å². The fourth-order valence-electron chi connectivity index (χ4n) is 1.74. The van der Waals surface area contributed by atoms with E-state index >= 15 is 0 Å². The highest BCUT2D eigenvalue weighted by molar-refractivity contribution is 7.11. The van der Waals surface area contributed by atoms with Crippen LogP contribution in [0.15, 0.2) is 0 Å². The molecule has 0 saturated carbocycles. The van der Waals surface area contributed by atoms with Crippen molar-refractivity contribution in [1.82, 2.24) is 4.98 Å². The number of aromatic nitrogens is 1. The number of thiazole rings is 1. The Hall–Kier alpha value is -0.880. The van der Waals surface area contributed by atoms with Gasteiger partial charge in [0, 0.05) is 4.88 Å². The lowest BCUT2D eigenvalue weighted by Crippen LogP contribution is -2.09. The summed E-state index contributed by atoms with van der Waals surface area (Å²) in [6.07, 6.45) is 4.01. The molecule has 0 bridgehead atoms. The molecule has 1 aromatic heterocycles. The third-order valence-corrected chi connectivity index (χ3v) is 3.58. The van der Waals surface area contributed by atoms with Gasteiger partial charge in [0.05, 0.1) is 18.2 Å². The number of aryl methyl sites for hydroxylation is 1. The fourth-order valence-corrected chi connectivity index (χ4v) is 2.95. The molecular formula is C10H12N2S. The van der Waals surface area contributed by atoms with Crippen LogP contribution in [0.1, 0.15) is 28.9 Å². The van der Waals surface area contributed by atoms with Crippen LogP contribution in [0, 0.1) is 17.2 Å². The molecule has 0 aliphatic heterocycles. The standard InChI is InChI=1S/C10H12N2S/c1-7-2-3-8-9(6-7)13-10(12-8)4-5-11/h7H,2-4,6H2,1H3/t7-/m1/s1. The molecule has 1 aliphatic rings. The van der Waals surface area contributed by atoms with Gasteiger partial charge in [0.1, 0.15) is 5.01 Å². The van der Waals surface area contributed by atoms with Gasteiger partial charge >= 0.3 is 0 Å². The monoisotopic (exact) mass is 192 g/mol. The van der Waals surface area contributed by atoms with Gasteiger partial charge in [-0.1, -0.05) is 6.92 Å². The van der Waals surface area contributed by atoms with Crippen LogP contribution in [0.5, 0.6) is 0 Å². The van der Waals surface area contributed by atoms with Crippen LogP contribution in [-0.2, 0) is 19.3 Å². The normalized spacial score (nSPS) is 20.8. The molecule has 1 aromatic rings. The molecule has 13 heavy (non-hydrogen) atoms. The van der Waals surface area contributed by atoms with Gasteiger partial charge in [0.25, 0.3) is 0 Å². The molecule has 2 rings (SSSR count). The second-order valence-corrected chi connectivity index (χ2v) is 4.83. The molecule has 0 spiro atoms. The maximum absolute atomic E-state index is 8.55. The van der Waals surface area contributed by atoms with E-state index in [2.05, 4.69) is 18.0 Å². The summed E-state index contributed by atoms with van der Waals surface area (Å²) in [7, 11) is 0. The van der Waals surface area contributed by atoms with Crippen molar-refractivity contribution in [1.29, 1.82) is 5.26 Å². The van der Waals surface area contributed by atoms with Gasteiger partial charge in [-0.2, -0.15) is 5.26 Å². The van der Waals surface area contributed by atoms with Gasteiger partial charge in [-0.3, -0.25) is 0 Å². The predicted molar refractivity (Wildman–Crippen MR) is 52.6 cm³/mol. The quantitative estimate of drug-likeness (QED) is 0.684. The molecule has 3 heteroatoms. The number of hydrogen-bond donors (Lipinski definition) is 0. The average Bonchev–Trinajstić information content (AvgIpc) is 2.46. The van der Waals surface area contributed by atoms with Crippen molar-refractivity contribution in [3.05, 3.63) is 15.6 Å². The Balaban J connectivity index is 2.24. The first-order valence-electron chi connectivity index (χ1n) is 4.64. The maximum Gasteiger partial charge on any atom is 0.107 e. The van der Waals surface area contributed by atoms with Crippen molar-refractivity contribution in [2.75, 3.05) is 0 Å². The largest absolute Gasteiger partial charge is 0.245 e. The molecule has 68 valence electrons. The van der Waals surface area contributed by atoms with Gasteiger partial charge in [-0.15, -0.1) is 11.3 Å². The van der Waals surface area contributed by atoms with E-state index < -0.39 is 0 Å². The van der Waals surface area contributed by atoms with Crippen LogP contribution in [0.2, 0.25) is 0 Å². The van der Waals surface area contributed by atoms with Crippen molar-refractivity contribution in [2.24, 2.45) is 5.92 Å². The molecule has 0 unspecified atom stereocenters. The maximum atomic E-state index is 8.55. The van der Waals surface area contributed by atoms with Crippen LogP contribution in [0.25, 0.3) is 0 Å². The predicted octanol–water partition coefficient (Wildman–Crippen LogP) is 2.33. The van der Waals surface area contributed by atoms with E-state index in [0.717, 1.165) is 17.3 Å². The lowest BCUT2D eigenvalue weighted by molar-refractivity contribution is 0.501. The Morgan fingerprint density at radius 1 is 1.69 bits per heavy atom. The van der Waals surface area contributed by atoms with Gasteiger partial charge < -0.3 is 0 Å². The lowest BCUT2D eigenvalue weighted by atomic mass is 9.93.